The molecule has 0 aliphatic heterocycles. The van der Waals surface area contributed by atoms with Crippen LogP contribution in [0, 0.1) is 0 Å². The second-order valence-electron chi connectivity index (χ2n) is 4.10. The summed E-state index contributed by atoms with van der Waals surface area (Å²) in [6.45, 7) is 0. The van der Waals surface area contributed by atoms with E-state index in [9.17, 15) is 4.79 Å². The molecule has 1 saturated carbocycles. The van der Waals surface area contributed by atoms with Gasteiger partial charge in [-0.1, -0.05) is 18.2 Å². The van der Waals surface area contributed by atoms with Crippen molar-refractivity contribution in [2.45, 2.75) is 25.2 Å². The van der Waals surface area contributed by atoms with E-state index in [1.807, 2.05) is 30.3 Å². The lowest BCUT2D eigenvalue weighted by molar-refractivity contribution is -0.118. The van der Waals surface area contributed by atoms with Crippen molar-refractivity contribution in [1.82, 2.24) is 0 Å². The van der Waals surface area contributed by atoms with Gasteiger partial charge in [-0.05, 0) is 25.0 Å². The maximum Gasteiger partial charge on any atom is 0.143 e. The van der Waals surface area contributed by atoms with Crippen LogP contribution in [0.25, 0.3) is 11.0 Å². The Balaban J connectivity index is 2.08. The minimum absolute atomic E-state index is 0.0115. The van der Waals surface area contributed by atoms with Gasteiger partial charge in [-0.15, -0.1) is 0 Å². The molecular formula is C13H12O2. The zero-order valence-corrected chi connectivity index (χ0v) is 8.40. The summed E-state index contributed by atoms with van der Waals surface area (Å²) < 4.78 is 5.70. The van der Waals surface area contributed by atoms with Crippen LogP contribution in [0.2, 0.25) is 0 Å². The summed E-state index contributed by atoms with van der Waals surface area (Å²) >= 11 is 0. The Labute approximate surface area is 87.9 Å². The molecule has 76 valence electrons. The fourth-order valence-electron chi connectivity index (χ4n) is 2.29. The van der Waals surface area contributed by atoms with E-state index < -0.39 is 0 Å². The highest BCUT2D eigenvalue weighted by molar-refractivity contribution is 5.88. The first-order valence-corrected chi connectivity index (χ1v) is 5.36. The van der Waals surface area contributed by atoms with Gasteiger partial charge in [0.25, 0.3) is 0 Å². The molecule has 0 bridgehead atoms. The molecular weight excluding hydrogens is 188 g/mol. The molecule has 1 aromatic carbocycles. The van der Waals surface area contributed by atoms with Crippen LogP contribution in [0.4, 0.5) is 0 Å². The Morgan fingerprint density at radius 3 is 2.87 bits per heavy atom. The summed E-state index contributed by atoms with van der Waals surface area (Å²) in [6.07, 6.45) is 2.65. The average molecular weight is 200 g/mol. The molecule has 0 amide bonds. The number of carbonyl (C=O) groups excluding carboxylic acids is 1. The van der Waals surface area contributed by atoms with E-state index in [0.717, 1.165) is 29.6 Å². The molecule has 2 nitrogen and oxygen atoms in total. The van der Waals surface area contributed by atoms with Gasteiger partial charge in [0.1, 0.15) is 17.1 Å². The Bertz CT molecular complexity index is 477. The van der Waals surface area contributed by atoms with E-state index in [-0.39, 0.29) is 5.92 Å². The molecule has 1 aliphatic rings. The van der Waals surface area contributed by atoms with Crippen molar-refractivity contribution in [2.24, 2.45) is 0 Å². The summed E-state index contributed by atoms with van der Waals surface area (Å²) in [5, 5.41) is 1.09. The number of carbonyl (C=O) groups is 1. The molecule has 3 rings (SSSR count). The smallest absolute Gasteiger partial charge is 0.143 e. The van der Waals surface area contributed by atoms with Gasteiger partial charge in [0, 0.05) is 11.8 Å². The SMILES string of the molecule is O=C1CCCC1c1cc2ccccc2o1. The maximum absolute atomic E-state index is 11.6. The Morgan fingerprint density at radius 1 is 1.27 bits per heavy atom. The van der Waals surface area contributed by atoms with Crippen LogP contribution in [0.15, 0.2) is 34.7 Å². The van der Waals surface area contributed by atoms with E-state index in [2.05, 4.69) is 0 Å². The number of furan rings is 1. The standard InChI is InChI=1S/C13H12O2/c14-11-6-3-5-10(11)13-8-9-4-1-2-7-12(9)15-13/h1-2,4,7-8,10H,3,5-6H2. The van der Waals surface area contributed by atoms with E-state index in [1.165, 1.54) is 0 Å². The molecule has 1 heterocycles. The average Bonchev–Trinajstić information content (AvgIpc) is 2.82. The molecule has 0 spiro atoms. The van der Waals surface area contributed by atoms with Gasteiger partial charge in [-0.3, -0.25) is 4.79 Å². The Hall–Kier alpha value is -1.57. The number of para-hydroxylation sites is 1. The van der Waals surface area contributed by atoms with Crippen LogP contribution < -0.4 is 0 Å². The number of Topliss-reactive ketones (excluding diaryl/α,β-unsaturated/α-hetero) is 1. The molecule has 1 aliphatic carbocycles. The predicted molar refractivity (Wildman–Crippen MR) is 57.8 cm³/mol. The van der Waals surface area contributed by atoms with Crippen LogP contribution in [0.3, 0.4) is 0 Å². The number of rotatable bonds is 1. The molecule has 0 N–H and O–H groups in total. The zero-order valence-electron chi connectivity index (χ0n) is 8.40. The summed E-state index contributed by atoms with van der Waals surface area (Å²) in [6, 6.07) is 9.90. The van der Waals surface area contributed by atoms with E-state index in [0.29, 0.717) is 12.2 Å². The fraction of sp³-hybridized carbons (Fsp3) is 0.308. The van der Waals surface area contributed by atoms with E-state index in [4.69, 9.17) is 4.42 Å². The van der Waals surface area contributed by atoms with Gasteiger partial charge in [0.05, 0.1) is 5.92 Å². The van der Waals surface area contributed by atoms with Crippen LogP contribution in [-0.2, 0) is 4.79 Å². The van der Waals surface area contributed by atoms with Crippen molar-refractivity contribution in [2.75, 3.05) is 0 Å². The molecule has 1 fully saturated rings. The first-order valence-electron chi connectivity index (χ1n) is 5.36. The molecule has 2 aromatic rings. The molecule has 2 heteroatoms. The van der Waals surface area contributed by atoms with E-state index >= 15 is 0 Å². The molecule has 0 saturated heterocycles. The summed E-state index contributed by atoms with van der Waals surface area (Å²) in [4.78, 5) is 11.6. The largest absolute Gasteiger partial charge is 0.460 e. The van der Waals surface area contributed by atoms with Crippen molar-refractivity contribution >= 4 is 16.8 Å². The highest BCUT2D eigenvalue weighted by Crippen LogP contribution is 2.34. The number of ketones is 1. The highest BCUT2D eigenvalue weighted by Gasteiger charge is 2.28. The van der Waals surface area contributed by atoms with Crippen LogP contribution in [-0.4, -0.2) is 5.78 Å². The molecule has 15 heavy (non-hydrogen) atoms. The maximum atomic E-state index is 11.6. The van der Waals surface area contributed by atoms with Crippen LogP contribution >= 0.6 is 0 Å². The zero-order chi connectivity index (χ0) is 10.3. The summed E-state index contributed by atoms with van der Waals surface area (Å²) in [5.41, 5.74) is 0.882. The van der Waals surface area contributed by atoms with Crippen LogP contribution in [0.1, 0.15) is 30.9 Å². The van der Waals surface area contributed by atoms with Crippen molar-refractivity contribution < 1.29 is 9.21 Å². The number of hydrogen-bond acceptors (Lipinski definition) is 2. The normalized spacial score (nSPS) is 21.3. The van der Waals surface area contributed by atoms with Gasteiger partial charge in [0.2, 0.25) is 0 Å². The van der Waals surface area contributed by atoms with Crippen molar-refractivity contribution in [3.05, 3.63) is 36.1 Å². The first kappa shape index (κ1) is 8.72. The number of benzene rings is 1. The quantitative estimate of drug-likeness (QED) is 0.707. The Kier molecular flexibility index (Phi) is 1.88. The second kappa shape index (κ2) is 3.23. The lowest BCUT2D eigenvalue weighted by Gasteiger charge is -2.01. The van der Waals surface area contributed by atoms with E-state index in [1.54, 1.807) is 0 Å². The third-order valence-corrected chi connectivity index (χ3v) is 3.09. The van der Waals surface area contributed by atoms with Gasteiger partial charge in [-0.2, -0.15) is 0 Å². The molecule has 0 radical (unpaired) electrons. The Morgan fingerprint density at radius 2 is 2.13 bits per heavy atom. The van der Waals surface area contributed by atoms with Gasteiger partial charge in [0.15, 0.2) is 0 Å². The fourth-order valence-corrected chi connectivity index (χ4v) is 2.29. The molecule has 1 unspecified atom stereocenters. The molecule has 1 aromatic heterocycles. The van der Waals surface area contributed by atoms with Crippen LogP contribution in [0.5, 0.6) is 0 Å². The second-order valence-corrected chi connectivity index (χ2v) is 4.10. The minimum atomic E-state index is 0.0115. The van der Waals surface area contributed by atoms with Gasteiger partial charge >= 0.3 is 0 Å². The number of hydrogen-bond donors (Lipinski definition) is 0. The van der Waals surface area contributed by atoms with Crippen molar-refractivity contribution in [3.8, 4) is 0 Å². The summed E-state index contributed by atoms with van der Waals surface area (Å²) in [7, 11) is 0. The van der Waals surface area contributed by atoms with Crippen molar-refractivity contribution in [3.63, 3.8) is 0 Å². The topological polar surface area (TPSA) is 30.2 Å². The predicted octanol–water partition coefficient (Wildman–Crippen LogP) is 3.27. The highest BCUT2D eigenvalue weighted by atomic mass is 16.3. The third-order valence-electron chi connectivity index (χ3n) is 3.09. The molecule has 1 atom stereocenters. The van der Waals surface area contributed by atoms with Gasteiger partial charge < -0.3 is 4.42 Å². The van der Waals surface area contributed by atoms with Crippen molar-refractivity contribution in [1.29, 1.82) is 0 Å². The summed E-state index contributed by atoms with van der Waals surface area (Å²) in [5.74, 6) is 1.19. The third kappa shape index (κ3) is 1.37. The lowest BCUT2D eigenvalue weighted by Crippen LogP contribution is -2.02. The minimum Gasteiger partial charge on any atom is -0.460 e. The van der Waals surface area contributed by atoms with Gasteiger partial charge in [-0.25, -0.2) is 0 Å². The monoisotopic (exact) mass is 200 g/mol. The number of fused-ring (bicyclic) bond motifs is 1. The first-order chi connectivity index (χ1) is 7.34. The lowest BCUT2D eigenvalue weighted by atomic mass is 10.0.